The van der Waals surface area contributed by atoms with Crippen LogP contribution in [0.1, 0.15) is 85.6 Å². The summed E-state index contributed by atoms with van der Waals surface area (Å²) < 4.78 is 22.3. The number of likely N-dealkylation sites (tertiary alicyclic amines) is 1. The van der Waals surface area contributed by atoms with E-state index in [-0.39, 0.29) is 5.75 Å². The highest BCUT2D eigenvalue weighted by Crippen LogP contribution is 2.50. The van der Waals surface area contributed by atoms with Gasteiger partial charge in [-0.2, -0.15) is 0 Å². The van der Waals surface area contributed by atoms with Crippen molar-refractivity contribution in [3.63, 3.8) is 0 Å². The summed E-state index contributed by atoms with van der Waals surface area (Å²) in [6.07, 6.45) is 11.5. The van der Waals surface area contributed by atoms with Gasteiger partial charge in [0, 0.05) is 18.6 Å². The number of hydrogen-bond acceptors (Lipinski definition) is 4. The molecule has 0 unspecified atom stereocenters. The van der Waals surface area contributed by atoms with Crippen molar-refractivity contribution in [2.75, 3.05) is 25.4 Å². The predicted octanol–water partition coefficient (Wildman–Crippen LogP) is 6.24. The molecule has 36 heavy (non-hydrogen) atoms. The van der Waals surface area contributed by atoms with Crippen LogP contribution in [0.4, 0.5) is 0 Å². The number of nitrogens with two attached hydrogens (primary N) is 1. The minimum absolute atomic E-state index is 0.0729. The average Bonchev–Trinajstić information content (AvgIpc) is 3.63. The van der Waals surface area contributed by atoms with Crippen molar-refractivity contribution >= 4 is 16.1 Å². The molecule has 6 heteroatoms. The zero-order valence-corrected chi connectivity index (χ0v) is 24.6. The Morgan fingerprint density at radius 2 is 1.69 bits per heavy atom. The van der Waals surface area contributed by atoms with Crippen LogP contribution in [0.2, 0.25) is 0 Å². The van der Waals surface area contributed by atoms with Gasteiger partial charge >= 0.3 is 0 Å². The maximum absolute atomic E-state index is 11.2. The summed E-state index contributed by atoms with van der Waals surface area (Å²) in [7, 11) is -3.35. The van der Waals surface area contributed by atoms with Gasteiger partial charge in [-0.05, 0) is 75.4 Å². The summed E-state index contributed by atoms with van der Waals surface area (Å²) in [5.74, 6) is 0.778. The number of hydrogen-bond donors (Lipinski definition) is 2. The minimum Gasteiger partial charge on any atom is -0.311 e. The van der Waals surface area contributed by atoms with Crippen LogP contribution in [-0.2, 0) is 10.0 Å². The van der Waals surface area contributed by atoms with E-state index >= 15 is 0 Å². The molecule has 0 amide bonds. The Bertz CT molecular complexity index is 867. The highest BCUT2D eigenvalue weighted by atomic mass is 32.2. The zero-order valence-electron chi connectivity index (χ0n) is 23.8. The van der Waals surface area contributed by atoms with Gasteiger partial charge in [0.2, 0.25) is 10.0 Å². The zero-order chi connectivity index (χ0) is 27.2. The van der Waals surface area contributed by atoms with Gasteiger partial charge in [-0.25, -0.2) is 13.6 Å². The number of nitrogens with zero attached hydrogens (tertiary/aromatic N) is 1. The first-order chi connectivity index (χ1) is 17.3. The van der Waals surface area contributed by atoms with Gasteiger partial charge in [0.25, 0.3) is 0 Å². The number of rotatable bonds is 8. The molecule has 1 aliphatic heterocycles. The fourth-order valence-electron chi connectivity index (χ4n) is 5.35. The fourth-order valence-corrected chi connectivity index (χ4v) is 5.86. The normalized spacial score (nSPS) is 23.0. The molecule has 2 saturated carbocycles. The van der Waals surface area contributed by atoms with Crippen molar-refractivity contribution in [3.05, 3.63) is 54.1 Å². The predicted molar refractivity (Wildman–Crippen MR) is 157 cm³/mol. The highest BCUT2D eigenvalue weighted by Gasteiger charge is 2.49. The molecule has 1 aromatic carbocycles. The molecule has 2 aliphatic carbocycles. The quantitative estimate of drug-likeness (QED) is 0.399. The van der Waals surface area contributed by atoms with Crippen LogP contribution in [0.15, 0.2) is 48.6 Å². The van der Waals surface area contributed by atoms with Crippen molar-refractivity contribution in [2.45, 2.75) is 92.2 Å². The van der Waals surface area contributed by atoms with Crippen molar-refractivity contribution < 1.29 is 8.42 Å². The summed E-state index contributed by atoms with van der Waals surface area (Å²) in [5.41, 5.74) is 3.38. The number of piperidine rings is 1. The van der Waals surface area contributed by atoms with E-state index in [9.17, 15) is 8.42 Å². The number of sulfonamides is 1. The monoisotopic (exact) mass is 519 g/mol. The van der Waals surface area contributed by atoms with Gasteiger partial charge in [-0.1, -0.05) is 82.7 Å². The second kappa shape index (κ2) is 16.4. The Morgan fingerprint density at radius 1 is 1.14 bits per heavy atom. The highest BCUT2D eigenvalue weighted by molar-refractivity contribution is 7.89. The number of nitrogens with one attached hydrogen (secondary N) is 1. The van der Waals surface area contributed by atoms with E-state index in [1.54, 1.807) is 11.6 Å². The van der Waals surface area contributed by atoms with Crippen LogP contribution in [0.3, 0.4) is 0 Å². The second-order valence-electron chi connectivity index (χ2n) is 9.82. The Labute approximate surface area is 222 Å². The molecule has 0 bridgehead atoms. The van der Waals surface area contributed by atoms with Crippen molar-refractivity contribution in [1.82, 2.24) is 10.2 Å². The van der Waals surface area contributed by atoms with Crippen molar-refractivity contribution in [3.8, 4) is 0 Å². The van der Waals surface area contributed by atoms with E-state index in [0.717, 1.165) is 19.5 Å². The fraction of sp³-hybridized carbons (Fsp3) is 0.667. The standard InChI is InChI=1S/C23H35N3O2S.C3H6.2C2H6/c1-2-19(14-18-6-4-3-5-7-18)21-15-22(21)25-20-16-23(17-20)8-10-26(11-9-23)12-13-29(24,27)28;1-3-2;2*1-2/h3-7,14,20-22,25H,2,8-13,15-17H2,1H3,(H2,24,27,28);3H,1H2,2H3;2*1-2H3/b19-14+;;;/t21-,22+;;;/m0.../s1. The maximum atomic E-state index is 11.2. The molecule has 0 radical (unpaired) electrons. The summed E-state index contributed by atoms with van der Waals surface area (Å²) in [4.78, 5) is 2.26. The molecule has 2 atom stereocenters. The average molecular weight is 520 g/mol. The van der Waals surface area contributed by atoms with E-state index in [0.29, 0.717) is 30.0 Å². The van der Waals surface area contributed by atoms with Crippen LogP contribution < -0.4 is 10.5 Å². The third-order valence-corrected chi connectivity index (χ3v) is 8.00. The van der Waals surface area contributed by atoms with E-state index in [2.05, 4.69) is 60.1 Å². The van der Waals surface area contributed by atoms with E-state index in [1.807, 2.05) is 34.6 Å². The third kappa shape index (κ3) is 10.9. The SMILES string of the molecule is C=CC.CC.CC.CC/C(=C\c1ccccc1)[C@@H]1C[C@H]1NC1CC2(CCN(CCS(N)(=O)=O)CC2)C1. The van der Waals surface area contributed by atoms with Crippen LogP contribution in [0.5, 0.6) is 0 Å². The molecule has 3 fully saturated rings. The summed E-state index contributed by atoms with van der Waals surface area (Å²) in [5, 5.41) is 9.05. The van der Waals surface area contributed by atoms with Crippen LogP contribution >= 0.6 is 0 Å². The summed E-state index contributed by atoms with van der Waals surface area (Å²) in [6, 6.07) is 12.0. The van der Waals surface area contributed by atoms with Gasteiger partial charge in [-0.15, -0.1) is 6.58 Å². The Kier molecular flexibility index (Phi) is 14.8. The van der Waals surface area contributed by atoms with Gasteiger partial charge in [-0.3, -0.25) is 0 Å². The topological polar surface area (TPSA) is 75.4 Å². The number of primary sulfonamides is 1. The molecular weight excluding hydrogens is 466 g/mol. The lowest BCUT2D eigenvalue weighted by atomic mass is 9.60. The van der Waals surface area contributed by atoms with Crippen LogP contribution in [0.25, 0.3) is 6.08 Å². The lowest BCUT2D eigenvalue weighted by Crippen LogP contribution is -2.54. The molecule has 1 aromatic rings. The van der Waals surface area contributed by atoms with Crippen molar-refractivity contribution in [2.24, 2.45) is 16.5 Å². The smallest absolute Gasteiger partial charge is 0.210 e. The molecular formula is C30H53N3O2S. The van der Waals surface area contributed by atoms with Crippen molar-refractivity contribution in [1.29, 1.82) is 0 Å². The maximum Gasteiger partial charge on any atom is 0.210 e. The molecule has 1 heterocycles. The first-order valence-corrected chi connectivity index (χ1v) is 15.8. The third-order valence-electron chi connectivity index (χ3n) is 7.24. The van der Waals surface area contributed by atoms with E-state index < -0.39 is 10.0 Å². The van der Waals surface area contributed by atoms with Crippen LogP contribution in [-0.4, -0.2) is 50.8 Å². The van der Waals surface area contributed by atoms with Gasteiger partial charge in [0.05, 0.1) is 5.75 Å². The molecule has 206 valence electrons. The summed E-state index contributed by atoms with van der Waals surface area (Å²) in [6.45, 7) is 18.1. The Hall–Kier alpha value is -1.47. The van der Waals surface area contributed by atoms with Gasteiger partial charge < -0.3 is 10.2 Å². The largest absolute Gasteiger partial charge is 0.311 e. The summed E-state index contributed by atoms with van der Waals surface area (Å²) >= 11 is 0. The molecule has 3 N–H and O–H groups in total. The van der Waals surface area contributed by atoms with Gasteiger partial charge in [0.15, 0.2) is 0 Å². The number of benzene rings is 1. The lowest BCUT2D eigenvalue weighted by molar-refractivity contribution is 0.00705. The van der Waals surface area contributed by atoms with Crippen LogP contribution in [0, 0.1) is 11.3 Å². The number of allylic oxidation sites excluding steroid dienone is 1. The lowest BCUT2D eigenvalue weighted by Gasteiger charge is -2.52. The Morgan fingerprint density at radius 3 is 2.19 bits per heavy atom. The van der Waals surface area contributed by atoms with E-state index in [4.69, 9.17) is 5.14 Å². The first-order valence-electron chi connectivity index (χ1n) is 14.1. The second-order valence-corrected chi connectivity index (χ2v) is 11.6. The van der Waals surface area contributed by atoms with Gasteiger partial charge in [0.1, 0.15) is 0 Å². The van der Waals surface area contributed by atoms with E-state index in [1.165, 1.54) is 37.7 Å². The minimum atomic E-state index is -3.35. The molecule has 1 saturated heterocycles. The molecule has 3 aliphatic rings. The molecule has 5 nitrogen and oxygen atoms in total. The Balaban J connectivity index is 0.000000844. The molecule has 0 aromatic heterocycles. The molecule has 4 rings (SSSR count). The molecule has 1 spiro atoms. The first kappa shape index (κ1) is 32.6.